The van der Waals surface area contributed by atoms with Crippen LogP contribution in [0.1, 0.15) is 0 Å². The standard InChI is InChI=1S/C24H16N2O/c1-3-9-17(10-4-1)20-16-25-24(26-23(20)18-11-5-2-6-12-18)22-15-19-13-7-8-14-21(19)27-22/h1-16H. The van der Waals surface area contributed by atoms with Crippen molar-refractivity contribution in [3.63, 3.8) is 0 Å². The molecule has 128 valence electrons. The molecule has 0 aliphatic heterocycles. The Morgan fingerprint density at radius 2 is 1.33 bits per heavy atom. The van der Waals surface area contributed by atoms with Crippen LogP contribution in [-0.4, -0.2) is 9.97 Å². The Morgan fingerprint density at radius 3 is 2.07 bits per heavy atom. The number of fused-ring (bicyclic) bond motifs is 1. The SMILES string of the molecule is c1ccc(-c2cnc(-c3cc4ccccc4o3)nc2-c2ccccc2)cc1. The fourth-order valence-corrected chi connectivity index (χ4v) is 3.24. The van der Waals surface area contributed by atoms with Crippen LogP contribution in [0.4, 0.5) is 0 Å². The number of para-hydroxylation sites is 1. The van der Waals surface area contributed by atoms with Gasteiger partial charge in [0.15, 0.2) is 11.6 Å². The largest absolute Gasteiger partial charge is 0.453 e. The summed E-state index contributed by atoms with van der Waals surface area (Å²) in [5, 5.41) is 1.05. The summed E-state index contributed by atoms with van der Waals surface area (Å²) in [6, 6.07) is 30.3. The Bertz CT molecular complexity index is 1180. The fraction of sp³-hybridized carbons (Fsp3) is 0. The van der Waals surface area contributed by atoms with E-state index >= 15 is 0 Å². The normalized spacial score (nSPS) is 11.0. The Labute approximate surface area is 157 Å². The lowest BCUT2D eigenvalue weighted by atomic mass is 10.0. The molecular formula is C24H16N2O. The minimum atomic E-state index is 0.588. The minimum Gasteiger partial charge on any atom is -0.453 e. The average molecular weight is 348 g/mol. The molecule has 3 heteroatoms. The molecule has 3 aromatic carbocycles. The van der Waals surface area contributed by atoms with Crippen molar-refractivity contribution in [1.82, 2.24) is 9.97 Å². The lowest BCUT2D eigenvalue weighted by Crippen LogP contribution is -1.95. The van der Waals surface area contributed by atoms with Crippen molar-refractivity contribution < 1.29 is 4.42 Å². The van der Waals surface area contributed by atoms with Crippen LogP contribution in [0.25, 0.3) is 44.9 Å². The number of hydrogen-bond donors (Lipinski definition) is 0. The van der Waals surface area contributed by atoms with E-state index in [0.29, 0.717) is 11.6 Å². The second-order valence-corrected chi connectivity index (χ2v) is 6.34. The maximum absolute atomic E-state index is 5.97. The Hall–Kier alpha value is -3.72. The fourth-order valence-electron chi connectivity index (χ4n) is 3.24. The average Bonchev–Trinajstić information content (AvgIpc) is 3.19. The van der Waals surface area contributed by atoms with Crippen LogP contribution in [0.3, 0.4) is 0 Å². The van der Waals surface area contributed by atoms with Gasteiger partial charge in [0.05, 0.1) is 5.69 Å². The van der Waals surface area contributed by atoms with E-state index in [2.05, 4.69) is 29.2 Å². The molecule has 0 spiro atoms. The van der Waals surface area contributed by atoms with Crippen LogP contribution in [0.5, 0.6) is 0 Å². The Morgan fingerprint density at radius 1 is 0.667 bits per heavy atom. The van der Waals surface area contributed by atoms with Crippen molar-refractivity contribution in [2.75, 3.05) is 0 Å². The summed E-state index contributed by atoms with van der Waals surface area (Å²) in [5.41, 5.74) is 4.88. The van der Waals surface area contributed by atoms with E-state index in [1.54, 1.807) is 0 Å². The van der Waals surface area contributed by atoms with Gasteiger partial charge in [0.25, 0.3) is 0 Å². The molecule has 5 aromatic rings. The highest BCUT2D eigenvalue weighted by molar-refractivity contribution is 5.84. The zero-order chi connectivity index (χ0) is 18.1. The van der Waals surface area contributed by atoms with Crippen LogP contribution >= 0.6 is 0 Å². The van der Waals surface area contributed by atoms with Gasteiger partial charge < -0.3 is 4.42 Å². The lowest BCUT2D eigenvalue weighted by Gasteiger charge is -2.10. The van der Waals surface area contributed by atoms with E-state index < -0.39 is 0 Å². The van der Waals surface area contributed by atoms with Gasteiger partial charge in [-0.05, 0) is 17.7 Å². The van der Waals surface area contributed by atoms with Crippen LogP contribution in [0.2, 0.25) is 0 Å². The highest BCUT2D eigenvalue weighted by atomic mass is 16.3. The number of rotatable bonds is 3. The van der Waals surface area contributed by atoms with Crippen molar-refractivity contribution >= 4 is 11.0 Å². The van der Waals surface area contributed by atoms with Gasteiger partial charge in [-0.15, -0.1) is 0 Å². The summed E-state index contributed by atoms with van der Waals surface area (Å²) >= 11 is 0. The molecule has 0 fully saturated rings. The van der Waals surface area contributed by atoms with Gasteiger partial charge in [0.1, 0.15) is 5.58 Å². The van der Waals surface area contributed by atoms with Gasteiger partial charge in [0.2, 0.25) is 0 Å². The molecular weight excluding hydrogens is 332 g/mol. The molecule has 0 saturated heterocycles. The third-order valence-electron chi connectivity index (χ3n) is 4.57. The quantitative estimate of drug-likeness (QED) is 0.388. The monoisotopic (exact) mass is 348 g/mol. The van der Waals surface area contributed by atoms with Crippen molar-refractivity contribution in [1.29, 1.82) is 0 Å². The molecule has 0 unspecified atom stereocenters. The smallest absolute Gasteiger partial charge is 0.196 e. The summed E-state index contributed by atoms with van der Waals surface area (Å²) in [4.78, 5) is 9.48. The van der Waals surface area contributed by atoms with Crippen molar-refractivity contribution in [3.05, 3.63) is 97.2 Å². The zero-order valence-corrected chi connectivity index (χ0v) is 14.5. The number of hydrogen-bond acceptors (Lipinski definition) is 3. The first-order chi connectivity index (χ1) is 13.4. The molecule has 2 aromatic heterocycles. The molecule has 0 aliphatic rings. The predicted octanol–water partition coefficient (Wildman–Crippen LogP) is 6.22. The van der Waals surface area contributed by atoms with Crippen LogP contribution < -0.4 is 0 Å². The molecule has 0 aliphatic carbocycles. The van der Waals surface area contributed by atoms with Gasteiger partial charge in [-0.2, -0.15) is 0 Å². The first-order valence-electron chi connectivity index (χ1n) is 8.85. The third-order valence-corrected chi connectivity index (χ3v) is 4.57. The number of aromatic nitrogens is 2. The second kappa shape index (κ2) is 6.54. The molecule has 0 amide bonds. The van der Waals surface area contributed by atoms with Crippen molar-refractivity contribution in [2.24, 2.45) is 0 Å². The van der Waals surface area contributed by atoms with E-state index in [9.17, 15) is 0 Å². The summed E-state index contributed by atoms with van der Waals surface area (Å²) in [5.74, 6) is 1.26. The Kier molecular flexibility index (Phi) is 3.76. The van der Waals surface area contributed by atoms with Crippen molar-refractivity contribution in [3.8, 4) is 34.0 Å². The highest BCUT2D eigenvalue weighted by Crippen LogP contribution is 2.33. The number of furan rings is 1. The van der Waals surface area contributed by atoms with E-state index in [1.807, 2.05) is 72.9 Å². The van der Waals surface area contributed by atoms with E-state index in [-0.39, 0.29) is 0 Å². The van der Waals surface area contributed by atoms with Crippen LogP contribution in [0, 0.1) is 0 Å². The van der Waals surface area contributed by atoms with Gasteiger partial charge >= 0.3 is 0 Å². The molecule has 27 heavy (non-hydrogen) atoms. The number of benzene rings is 3. The minimum absolute atomic E-state index is 0.588. The maximum atomic E-state index is 5.97. The summed E-state index contributed by atoms with van der Waals surface area (Å²) in [6.45, 7) is 0. The third kappa shape index (κ3) is 2.89. The van der Waals surface area contributed by atoms with Gasteiger partial charge in [-0.25, -0.2) is 9.97 Å². The molecule has 0 atom stereocenters. The number of nitrogens with zero attached hydrogens (tertiary/aromatic N) is 2. The van der Waals surface area contributed by atoms with Crippen LogP contribution in [-0.2, 0) is 0 Å². The highest BCUT2D eigenvalue weighted by Gasteiger charge is 2.15. The van der Waals surface area contributed by atoms with Crippen LogP contribution in [0.15, 0.2) is 102 Å². The molecule has 0 N–H and O–H groups in total. The predicted molar refractivity (Wildman–Crippen MR) is 108 cm³/mol. The summed E-state index contributed by atoms with van der Waals surface area (Å²) in [7, 11) is 0. The zero-order valence-electron chi connectivity index (χ0n) is 14.5. The van der Waals surface area contributed by atoms with Gasteiger partial charge in [0, 0.05) is 22.7 Å². The summed E-state index contributed by atoms with van der Waals surface area (Å²) < 4.78 is 5.97. The summed E-state index contributed by atoms with van der Waals surface area (Å²) in [6.07, 6.45) is 1.88. The first-order valence-corrected chi connectivity index (χ1v) is 8.85. The molecule has 0 radical (unpaired) electrons. The van der Waals surface area contributed by atoms with Gasteiger partial charge in [-0.3, -0.25) is 0 Å². The second-order valence-electron chi connectivity index (χ2n) is 6.34. The molecule has 2 heterocycles. The first kappa shape index (κ1) is 15.5. The molecule has 3 nitrogen and oxygen atoms in total. The van der Waals surface area contributed by atoms with E-state index in [0.717, 1.165) is 33.4 Å². The maximum Gasteiger partial charge on any atom is 0.196 e. The van der Waals surface area contributed by atoms with E-state index in [1.165, 1.54) is 0 Å². The Balaban J connectivity index is 1.71. The molecule has 0 saturated carbocycles. The van der Waals surface area contributed by atoms with E-state index in [4.69, 9.17) is 9.40 Å². The van der Waals surface area contributed by atoms with Gasteiger partial charge in [-0.1, -0.05) is 78.9 Å². The molecule has 5 rings (SSSR count). The lowest BCUT2D eigenvalue weighted by molar-refractivity contribution is 0.625. The molecule has 0 bridgehead atoms. The van der Waals surface area contributed by atoms with Crippen molar-refractivity contribution in [2.45, 2.75) is 0 Å². The topological polar surface area (TPSA) is 38.9 Å².